The maximum atomic E-state index is 5.76. The monoisotopic (exact) mass is 334 g/mol. The zero-order valence-corrected chi connectivity index (χ0v) is 12.4. The summed E-state index contributed by atoms with van der Waals surface area (Å²) in [5, 5.41) is 6.53. The van der Waals surface area contributed by atoms with E-state index >= 15 is 0 Å². The van der Waals surface area contributed by atoms with Crippen LogP contribution in [0.3, 0.4) is 0 Å². The number of nitrogens with two attached hydrogens (primary N) is 1. The number of anilines is 1. The molecule has 2 heterocycles. The topological polar surface area (TPSA) is 56.7 Å². The van der Waals surface area contributed by atoms with Crippen molar-refractivity contribution < 1.29 is 0 Å². The van der Waals surface area contributed by atoms with E-state index in [4.69, 9.17) is 5.73 Å². The highest BCUT2D eigenvalue weighted by molar-refractivity contribution is 9.10. The van der Waals surface area contributed by atoms with Gasteiger partial charge in [-0.1, -0.05) is 12.1 Å². The summed E-state index contributed by atoms with van der Waals surface area (Å²) in [4.78, 5) is 5.55. The highest BCUT2D eigenvalue weighted by atomic mass is 79.9. The molecular weight excluding hydrogens is 324 g/mol. The average Bonchev–Trinajstić information content (AvgIpc) is 2.99. The molecule has 0 unspecified atom stereocenters. The van der Waals surface area contributed by atoms with Gasteiger partial charge in [-0.15, -0.1) is 11.3 Å². The second-order valence-electron chi connectivity index (χ2n) is 4.12. The molecule has 2 aromatic heterocycles. The van der Waals surface area contributed by atoms with Gasteiger partial charge >= 0.3 is 0 Å². The van der Waals surface area contributed by atoms with Gasteiger partial charge in [-0.3, -0.25) is 0 Å². The second-order valence-corrected chi connectivity index (χ2v) is 6.03. The Morgan fingerprint density at radius 3 is 2.95 bits per heavy atom. The fraction of sp³-hybridized carbons (Fsp3) is 0.0769. The summed E-state index contributed by atoms with van der Waals surface area (Å²) in [6.45, 7) is 0.728. The highest BCUT2D eigenvalue weighted by Gasteiger charge is 2.06. The normalized spacial score (nSPS) is 10.8. The summed E-state index contributed by atoms with van der Waals surface area (Å²) in [7, 11) is 0. The van der Waals surface area contributed by atoms with Crippen molar-refractivity contribution in [3.8, 4) is 11.4 Å². The molecule has 1 aromatic carbocycles. The number of aromatic nitrogens is 3. The summed E-state index contributed by atoms with van der Waals surface area (Å²) in [6, 6.07) is 9.68. The Bertz CT molecular complexity index is 704. The largest absolute Gasteiger partial charge is 0.399 e. The third kappa shape index (κ3) is 2.85. The van der Waals surface area contributed by atoms with E-state index in [1.165, 1.54) is 4.88 Å². The Hall–Kier alpha value is -1.66. The molecule has 0 spiro atoms. The molecule has 0 amide bonds. The first kappa shape index (κ1) is 12.4. The van der Waals surface area contributed by atoms with Crippen LogP contribution in [0.5, 0.6) is 0 Å². The zero-order chi connectivity index (χ0) is 13.2. The van der Waals surface area contributed by atoms with E-state index in [1.54, 1.807) is 17.7 Å². The van der Waals surface area contributed by atoms with Crippen molar-refractivity contribution in [1.82, 2.24) is 14.8 Å². The second kappa shape index (κ2) is 5.14. The first-order chi connectivity index (χ1) is 9.20. The zero-order valence-electron chi connectivity index (χ0n) is 9.95. The first-order valence-electron chi connectivity index (χ1n) is 5.69. The Morgan fingerprint density at radius 2 is 2.21 bits per heavy atom. The van der Waals surface area contributed by atoms with Gasteiger partial charge in [0.2, 0.25) is 0 Å². The predicted molar refractivity (Wildman–Crippen MR) is 81.0 cm³/mol. The number of nitrogen functional groups attached to an aromatic ring is 1. The van der Waals surface area contributed by atoms with E-state index in [0.717, 1.165) is 22.3 Å². The van der Waals surface area contributed by atoms with Crippen molar-refractivity contribution in [2.75, 3.05) is 5.73 Å². The molecule has 0 aliphatic rings. The number of rotatable bonds is 3. The standard InChI is InChI=1S/C13H11BrN4S/c14-10-5-12(19-7-10)6-18-8-16-13(17-18)9-2-1-3-11(15)4-9/h1-5,7-8H,6,15H2. The van der Waals surface area contributed by atoms with Crippen LogP contribution in [-0.2, 0) is 6.54 Å². The van der Waals surface area contributed by atoms with Gasteiger partial charge in [-0.05, 0) is 34.1 Å². The molecule has 3 aromatic rings. The summed E-state index contributed by atoms with van der Waals surface area (Å²) >= 11 is 5.14. The number of halogens is 1. The Labute approximate surface area is 123 Å². The fourth-order valence-electron chi connectivity index (χ4n) is 1.78. The quantitative estimate of drug-likeness (QED) is 0.747. The summed E-state index contributed by atoms with van der Waals surface area (Å²) in [5.41, 5.74) is 7.42. The van der Waals surface area contributed by atoms with E-state index in [2.05, 4.69) is 37.5 Å². The molecular formula is C13H11BrN4S. The first-order valence-corrected chi connectivity index (χ1v) is 7.36. The van der Waals surface area contributed by atoms with Crippen LogP contribution >= 0.6 is 27.3 Å². The lowest BCUT2D eigenvalue weighted by molar-refractivity contribution is 0.694. The van der Waals surface area contributed by atoms with Crippen LogP contribution in [0, 0.1) is 0 Å². The smallest absolute Gasteiger partial charge is 0.181 e. The van der Waals surface area contributed by atoms with E-state index in [1.807, 2.05) is 28.9 Å². The third-order valence-electron chi connectivity index (χ3n) is 2.62. The van der Waals surface area contributed by atoms with Gasteiger partial charge < -0.3 is 5.73 Å². The minimum Gasteiger partial charge on any atom is -0.399 e. The highest BCUT2D eigenvalue weighted by Crippen LogP contribution is 2.21. The lowest BCUT2D eigenvalue weighted by atomic mass is 10.2. The molecule has 4 nitrogen and oxygen atoms in total. The molecule has 19 heavy (non-hydrogen) atoms. The van der Waals surface area contributed by atoms with Gasteiger partial charge in [-0.2, -0.15) is 5.10 Å². The van der Waals surface area contributed by atoms with Gasteiger partial charge in [0, 0.05) is 26.0 Å². The summed E-state index contributed by atoms with van der Waals surface area (Å²) < 4.78 is 2.93. The maximum absolute atomic E-state index is 5.76. The third-order valence-corrected chi connectivity index (χ3v) is 4.30. The van der Waals surface area contributed by atoms with Crippen LogP contribution in [-0.4, -0.2) is 14.8 Å². The van der Waals surface area contributed by atoms with E-state index in [9.17, 15) is 0 Å². The number of benzene rings is 1. The molecule has 0 atom stereocenters. The van der Waals surface area contributed by atoms with E-state index in [-0.39, 0.29) is 0 Å². The van der Waals surface area contributed by atoms with Gasteiger partial charge in [0.05, 0.1) is 6.54 Å². The van der Waals surface area contributed by atoms with Gasteiger partial charge in [-0.25, -0.2) is 9.67 Å². The molecule has 96 valence electrons. The summed E-state index contributed by atoms with van der Waals surface area (Å²) in [6.07, 6.45) is 1.74. The van der Waals surface area contributed by atoms with Crippen LogP contribution < -0.4 is 5.73 Å². The van der Waals surface area contributed by atoms with E-state index in [0.29, 0.717) is 5.82 Å². The minimum atomic E-state index is 0.697. The van der Waals surface area contributed by atoms with Gasteiger partial charge in [0.25, 0.3) is 0 Å². The molecule has 0 saturated carbocycles. The predicted octanol–water partition coefficient (Wildman–Crippen LogP) is 3.40. The number of hydrogen-bond acceptors (Lipinski definition) is 4. The molecule has 0 radical (unpaired) electrons. The van der Waals surface area contributed by atoms with Gasteiger partial charge in [0.15, 0.2) is 5.82 Å². The number of thiophene rings is 1. The Kier molecular flexibility index (Phi) is 3.35. The lowest BCUT2D eigenvalue weighted by Gasteiger charge is -1.98. The molecule has 0 bridgehead atoms. The maximum Gasteiger partial charge on any atom is 0.181 e. The Balaban J connectivity index is 1.83. The van der Waals surface area contributed by atoms with Crippen LogP contribution in [0.4, 0.5) is 5.69 Å². The molecule has 0 saturated heterocycles. The Morgan fingerprint density at radius 1 is 1.32 bits per heavy atom. The minimum absolute atomic E-state index is 0.697. The van der Waals surface area contributed by atoms with Crippen molar-refractivity contribution in [1.29, 1.82) is 0 Å². The molecule has 0 aliphatic carbocycles. The van der Waals surface area contributed by atoms with Crippen LogP contribution in [0.25, 0.3) is 11.4 Å². The van der Waals surface area contributed by atoms with Crippen LogP contribution in [0.15, 0.2) is 46.5 Å². The number of nitrogens with zero attached hydrogens (tertiary/aromatic N) is 3. The molecule has 0 fully saturated rings. The van der Waals surface area contributed by atoms with Crippen molar-refractivity contribution in [2.45, 2.75) is 6.54 Å². The van der Waals surface area contributed by atoms with Crippen LogP contribution in [0.1, 0.15) is 4.88 Å². The van der Waals surface area contributed by atoms with E-state index < -0.39 is 0 Å². The summed E-state index contributed by atoms with van der Waals surface area (Å²) in [5.74, 6) is 0.697. The molecule has 0 aliphatic heterocycles. The average molecular weight is 335 g/mol. The lowest BCUT2D eigenvalue weighted by Crippen LogP contribution is -1.98. The van der Waals surface area contributed by atoms with Crippen molar-refractivity contribution in [3.63, 3.8) is 0 Å². The van der Waals surface area contributed by atoms with Crippen molar-refractivity contribution in [2.24, 2.45) is 0 Å². The SMILES string of the molecule is Nc1cccc(-c2ncn(Cc3cc(Br)cs3)n2)c1. The molecule has 3 rings (SSSR count). The van der Waals surface area contributed by atoms with Gasteiger partial charge in [0.1, 0.15) is 6.33 Å². The van der Waals surface area contributed by atoms with Crippen molar-refractivity contribution in [3.05, 3.63) is 51.4 Å². The van der Waals surface area contributed by atoms with Crippen molar-refractivity contribution >= 4 is 33.0 Å². The van der Waals surface area contributed by atoms with Crippen LogP contribution in [0.2, 0.25) is 0 Å². The molecule has 2 N–H and O–H groups in total. The number of hydrogen-bond donors (Lipinski definition) is 1. The fourth-order valence-corrected chi connectivity index (χ4v) is 3.22. The molecule has 6 heteroatoms.